The molecule has 0 bridgehead atoms. The Balaban J connectivity index is 2.40. The standard InChI is InChI=1S/C15H13FINO/c1-10-6-5-7-11(14(10)17)15(19)18(2)13-9-4-3-8-12(13)16/h3-9H,1-2H3. The summed E-state index contributed by atoms with van der Waals surface area (Å²) < 4.78 is 14.6. The molecule has 0 aromatic heterocycles. The largest absolute Gasteiger partial charge is 0.309 e. The number of hydrogen-bond donors (Lipinski definition) is 0. The van der Waals surface area contributed by atoms with E-state index in [2.05, 4.69) is 22.6 Å². The van der Waals surface area contributed by atoms with Crippen LogP contribution in [-0.2, 0) is 0 Å². The Hall–Kier alpha value is -1.43. The number of carbonyl (C=O) groups is 1. The Bertz CT molecular complexity index is 627. The van der Waals surface area contributed by atoms with Gasteiger partial charge in [0.05, 0.1) is 11.3 Å². The number of rotatable bonds is 2. The summed E-state index contributed by atoms with van der Waals surface area (Å²) in [6.07, 6.45) is 0. The van der Waals surface area contributed by atoms with Crippen LogP contribution >= 0.6 is 22.6 Å². The van der Waals surface area contributed by atoms with Gasteiger partial charge in [-0.15, -0.1) is 0 Å². The molecule has 2 nitrogen and oxygen atoms in total. The topological polar surface area (TPSA) is 20.3 Å². The molecule has 0 unspecified atom stereocenters. The number of nitrogens with zero attached hydrogens (tertiary/aromatic N) is 1. The van der Waals surface area contributed by atoms with Gasteiger partial charge in [-0.3, -0.25) is 4.79 Å². The van der Waals surface area contributed by atoms with E-state index in [0.717, 1.165) is 9.13 Å². The maximum absolute atomic E-state index is 13.7. The Morgan fingerprint density at radius 2 is 1.84 bits per heavy atom. The summed E-state index contributed by atoms with van der Waals surface area (Å²) in [7, 11) is 1.58. The van der Waals surface area contributed by atoms with Gasteiger partial charge in [0.2, 0.25) is 0 Å². The highest BCUT2D eigenvalue weighted by molar-refractivity contribution is 14.1. The van der Waals surface area contributed by atoms with Crippen molar-refractivity contribution in [2.24, 2.45) is 0 Å². The molecule has 0 atom stereocenters. The third-order valence-corrected chi connectivity index (χ3v) is 4.37. The lowest BCUT2D eigenvalue weighted by molar-refractivity contribution is 0.0991. The van der Waals surface area contributed by atoms with E-state index < -0.39 is 5.82 Å². The van der Waals surface area contributed by atoms with E-state index in [1.54, 1.807) is 31.3 Å². The minimum absolute atomic E-state index is 0.210. The van der Waals surface area contributed by atoms with Crippen LogP contribution in [0.3, 0.4) is 0 Å². The molecule has 2 aromatic carbocycles. The Labute approximate surface area is 125 Å². The van der Waals surface area contributed by atoms with Crippen molar-refractivity contribution in [2.45, 2.75) is 6.92 Å². The van der Waals surface area contributed by atoms with Crippen LogP contribution < -0.4 is 4.90 Å². The maximum atomic E-state index is 13.7. The summed E-state index contributed by atoms with van der Waals surface area (Å²) in [5.74, 6) is -0.612. The van der Waals surface area contributed by atoms with E-state index in [1.807, 2.05) is 19.1 Å². The number of halogens is 2. The van der Waals surface area contributed by atoms with Crippen LogP contribution in [0.5, 0.6) is 0 Å². The molecule has 0 saturated carbocycles. The molecule has 0 N–H and O–H groups in total. The van der Waals surface area contributed by atoms with E-state index >= 15 is 0 Å². The predicted octanol–water partition coefficient (Wildman–Crippen LogP) is 4.02. The smallest absolute Gasteiger partial charge is 0.259 e. The second-order valence-electron chi connectivity index (χ2n) is 4.25. The fourth-order valence-electron chi connectivity index (χ4n) is 1.83. The molecule has 98 valence electrons. The molecule has 0 aliphatic rings. The SMILES string of the molecule is Cc1cccc(C(=O)N(C)c2ccccc2F)c1I. The summed E-state index contributed by atoms with van der Waals surface area (Å²) >= 11 is 2.14. The van der Waals surface area contributed by atoms with Gasteiger partial charge < -0.3 is 4.90 Å². The van der Waals surface area contributed by atoms with E-state index in [9.17, 15) is 9.18 Å². The zero-order chi connectivity index (χ0) is 14.0. The lowest BCUT2D eigenvalue weighted by Crippen LogP contribution is -2.28. The number of amides is 1. The zero-order valence-corrected chi connectivity index (χ0v) is 12.8. The summed E-state index contributed by atoms with van der Waals surface area (Å²) in [6.45, 7) is 1.95. The molecule has 0 heterocycles. The fraction of sp³-hybridized carbons (Fsp3) is 0.133. The van der Waals surface area contributed by atoms with Crippen LogP contribution in [0, 0.1) is 16.3 Å². The molecular formula is C15H13FINO. The predicted molar refractivity (Wildman–Crippen MR) is 83.0 cm³/mol. The molecule has 19 heavy (non-hydrogen) atoms. The van der Waals surface area contributed by atoms with Crippen molar-refractivity contribution in [3.63, 3.8) is 0 Å². The molecule has 0 aliphatic carbocycles. The highest BCUT2D eigenvalue weighted by Gasteiger charge is 2.18. The van der Waals surface area contributed by atoms with Crippen molar-refractivity contribution < 1.29 is 9.18 Å². The zero-order valence-electron chi connectivity index (χ0n) is 10.7. The van der Waals surface area contributed by atoms with Crippen molar-refractivity contribution in [3.8, 4) is 0 Å². The number of para-hydroxylation sites is 1. The molecule has 2 aromatic rings. The van der Waals surface area contributed by atoms with E-state index in [0.29, 0.717) is 5.56 Å². The van der Waals surface area contributed by atoms with Gasteiger partial charge in [0, 0.05) is 10.6 Å². The van der Waals surface area contributed by atoms with Crippen molar-refractivity contribution in [2.75, 3.05) is 11.9 Å². The van der Waals surface area contributed by atoms with E-state index in [1.165, 1.54) is 11.0 Å². The summed E-state index contributed by atoms with van der Waals surface area (Å²) in [6, 6.07) is 11.8. The third kappa shape index (κ3) is 2.78. The van der Waals surface area contributed by atoms with Crippen molar-refractivity contribution in [1.29, 1.82) is 0 Å². The van der Waals surface area contributed by atoms with Gasteiger partial charge in [0.1, 0.15) is 5.82 Å². The Kier molecular flexibility index (Phi) is 4.19. The Morgan fingerprint density at radius 1 is 1.16 bits per heavy atom. The Morgan fingerprint density at radius 3 is 2.53 bits per heavy atom. The summed E-state index contributed by atoms with van der Waals surface area (Å²) in [5.41, 5.74) is 1.91. The normalized spacial score (nSPS) is 10.3. The van der Waals surface area contributed by atoms with Crippen LogP contribution in [-0.4, -0.2) is 13.0 Å². The van der Waals surface area contributed by atoms with Crippen molar-refractivity contribution in [1.82, 2.24) is 0 Å². The fourth-order valence-corrected chi connectivity index (χ4v) is 2.42. The highest BCUT2D eigenvalue weighted by atomic mass is 127. The van der Waals surface area contributed by atoms with Crippen LogP contribution in [0.15, 0.2) is 42.5 Å². The number of hydrogen-bond acceptors (Lipinski definition) is 1. The van der Waals surface area contributed by atoms with Gasteiger partial charge in [-0.2, -0.15) is 0 Å². The van der Waals surface area contributed by atoms with Crippen molar-refractivity contribution >= 4 is 34.2 Å². The van der Waals surface area contributed by atoms with Crippen molar-refractivity contribution in [3.05, 3.63) is 63.0 Å². The van der Waals surface area contributed by atoms with Gasteiger partial charge in [0.25, 0.3) is 5.91 Å². The first-order chi connectivity index (χ1) is 9.02. The van der Waals surface area contributed by atoms with Gasteiger partial charge in [-0.1, -0.05) is 24.3 Å². The van der Waals surface area contributed by atoms with Gasteiger partial charge >= 0.3 is 0 Å². The summed E-state index contributed by atoms with van der Waals surface area (Å²) in [4.78, 5) is 13.8. The second-order valence-corrected chi connectivity index (χ2v) is 5.33. The second kappa shape index (κ2) is 5.69. The molecule has 0 saturated heterocycles. The number of aryl methyl sites for hydroxylation is 1. The lowest BCUT2D eigenvalue weighted by atomic mass is 10.1. The number of benzene rings is 2. The van der Waals surface area contributed by atoms with Crippen LogP contribution in [0.25, 0.3) is 0 Å². The van der Waals surface area contributed by atoms with Crippen LogP contribution in [0.4, 0.5) is 10.1 Å². The van der Waals surface area contributed by atoms with Gasteiger partial charge in [-0.25, -0.2) is 4.39 Å². The summed E-state index contributed by atoms with van der Waals surface area (Å²) in [5, 5.41) is 0. The number of anilines is 1. The molecule has 2 rings (SSSR count). The minimum atomic E-state index is -0.402. The average Bonchev–Trinajstić information content (AvgIpc) is 2.41. The first-order valence-corrected chi connectivity index (χ1v) is 6.88. The molecule has 0 aliphatic heterocycles. The van der Waals surface area contributed by atoms with Crippen LogP contribution in [0.1, 0.15) is 15.9 Å². The first kappa shape index (κ1) is 14.0. The number of carbonyl (C=O) groups excluding carboxylic acids is 1. The van der Waals surface area contributed by atoms with Crippen LogP contribution in [0.2, 0.25) is 0 Å². The molecule has 0 radical (unpaired) electrons. The molecule has 0 fully saturated rings. The monoisotopic (exact) mass is 369 g/mol. The quantitative estimate of drug-likeness (QED) is 0.733. The van der Waals surface area contributed by atoms with Gasteiger partial charge in [-0.05, 0) is 53.3 Å². The maximum Gasteiger partial charge on any atom is 0.259 e. The third-order valence-electron chi connectivity index (χ3n) is 2.94. The molecule has 4 heteroatoms. The minimum Gasteiger partial charge on any atom is -0.309 e. The first-order valence-electron chi connectivity index (χ1n) is 5.80. The van der Waals surface area contributed by atoms with Gasteiger partial charge in [0.15, 0.2) is 0 Å². The van der Waals surface area contributed by atoms with E-state index in [4.69, 9.17) is 0 Å². The lowest BCUT2D eigenvalue weighted by Gasteiger charge is -2.19. The average molecular weight is 369 g/mol. The molecule has 1 amide bonds. The molecular weight excluding hydrogens is 356 g/mol. The molecule has 0 spiro atoms. The highest BCUT2D eigenvalue weighted by Crippen LogP contribution is 2.23. The van der Waals surface area contributed by atoms with E-state index in [-0.39, 0.29) is 11.6 Å².